The van der Waals surface area contributed by atoms with E-state index in [0.717, 1.165) is 50.9 Å². The molecule has 6 heteroatoms. The van der Waals surface area contributed by atoms with E-state index in [2.05, 4.69) is 27.3 Å². The summed E-state index contributed by atoms with van der Waals surface area (Å²) in [5.41, 5.74) is 0. The van der Waals surface area contributed by atoms with Gasteiger partial charge in [-0.2, -0.15) is 0 Å². The van der Waals surface area contributed by atoms with Crippen LogP contribution in [0.4, 0.5) is 0 Å². The van der Waals surface area contributed by atoms with Crippen molar-refractivity contribution in [2.24, 2.45) is 0 Å². The molecule has 0 amide bonds. The average molecular weight is 237 g/mol. The van der Waals surface area contributed by atoms with Gasteiger partial charge in [0.1, 0.15) is 6.29 Å². The van der Waals surface area contributed by atoms with Crippen LogP contribution in [0.25, 0.3) is 0 Å². The summed E-state index contributed by atoms with van der Waals surface area (Å²) in [4.78, 5) is 13.2. The summed E-state index contributed by atoms with van der Waals surface area (Å²) in [6, 6.07) is 0.0375. The van der Waals surface area contributed by atoms with Gasteiger partial charge in [-0.25, -0.2) is 4.68 Å². The Morgan fingerprint density at radius 3 is 3.12 bits per heavy atom. The number of nitrogens with zero attached hydrogens (tertiary/aromatic N) is 5. The van der Waals surface area contributed by atoms with E-state index in [1.165, 1.54) is 0 Å². The van der Waals surface area contributed by atoms with Gasteiger partial charge in [0.05, 0.1) is 12.6 Å². The van der Waals surface area contributed by atoms with E-state index in [1.54, 1.807) is 0 Å². The number of aryl methyl sites for hydroxylation is 1. The third-order valence-electron chi connectivity index (χ3n) is 3.21. The number of hydrogen-bond donors (Lipinski definition) is 0. The van der Waals surface area contributed by atoms with Crippen molar-refractivity contribution in [1.29, 1.82) is 0 Å². The predicted molar refractivity (Wildman–Crippen MR) is 62.2 cm³/mol. The van der Waals surface area contributed by atoms with E-state index in [4.69, 9.17) is 0 Å². The Hall–Kier alpha value is -1.30. The molecule has 1 aromatic rings. The highest BCUT2D eigenvalue weighted by atomic mass is 16.1. The topological polar surface area (TPSA) is 63.9 Å². The highest BCUT2D eigenvalue weighted by molar-refractivity contribution is 5.57. The molecule has 2 rings (SSSR count). The first kappa shape index (κ1) is 12.2. The minimum absolute atomic E-state index is 0.0375. The number of carbonyl (C=O) groups excluding carboxylic acids is 1. The van der Waals surface area contributed by atoms with E-state index in [-0.39, 0.29) is 6.04 Å². The van der Waals surface area contributed by atoms with Gasteiger partial charge in [-0.15, -0.1) is 5.10 Å². The molecular weight excluding hydrogens is 218 g/mol. The van der Waals surface area contributed by atoms with Crippen LogP contribution in [0.1, 0.15) is 38.4 Å². The maximum atomic E-state index is 11.0. The van der Waals surface area contributed by atoms with E-state index in [0.29, 0.717) is 6.54 Å². The van der Waals surface area contributed by atoms with Crippen molar-refractivity contribution in [3.63, 3.8) is 0 Å². The summed E-state index contributed by atoms with van der Waals surface area (Å²) >= 11 is 0. The van der Waals surface area contributed by atoms with Gasteiger partial charge in [0, 0.05) is 6.54 Å². The van der Waals surface area contributed by atoms with E-state index in [1.807, 2.05) is 4.68 Å². The standard InChI is InChI=1S/C11H19N5O/c1-2-6-16-11(12-13-14-16)8-15-7-4-3-5-10(15)9-17/h9-10H,2-8H2,1H3. The Labute approximate surface area is 101 Å². The second-order valence-electron chi connectivity index (χ2n) is 4.49. The van der Waals surface area contributed by atoms with Crippen LogP contribution in [-0.2, 0) is 17.9 Å². The van der Waals surface area contributed by atoms with Crippen LogP contribution in [0.2, 0.25) is 0 Å². The number of piperidine rings is 1. The number of aromatic nitrogens is 4. The molecule has 0 radical (unpaired) electrons. The zero-order valence-electron chi connectivity index (χ0n) is 10.2. The van der Waals surface area contributed by atoms with Gasteiger partial charge in [0.2, 0.25) is 0 Å². The van der Waals surface area contributed by atoms with Crippen molar-refractivity contribution in [3.8, 4) is 0 Å². The number of hydrogen-bond acceptors (Lipinski definition) is 5. The van der Waals surface area contributed by atoms with Crippen molar-refractivity contribution >= 4 is 6.29 Å². The second kappa shape index (κ2) is 5.86. The summed E-state index contributed by atoms with van der Waals surface area (Å²) in [6.45, 7) is 4.57. The molecule has 6 nitrogen and oxygen atoms in total. The fourth-order valence-corrected chi connectivity index (χ4v) is 2.27. The largest absolute Gasteiger partial charge is 0.302 e. The second-order valence-corrected chi connectivity index (χ2v) is 4.49. The van der Waals surface area contributed by atoms with Crippen LogP contribution in [0.15, 0.2) is 0 Å². The van der Waals surface area contributed by atoms with E-state index < -0.39 is 0 Å². The summed E-state index contributed by atoms with van der Waals surface area (Å²) in [6.07, 6.45) is 5.31. The zero-order chi connectivity index (χ0) is 12.1. The van der Waals surface area contributed by atoms with Crippen molar-refractivity contribution in [2.75, 3.05) is 6.54 Å². The highest BCUT2D eigenvalue weighted by Crippen LogP contribution is 2.17. The molecule has 1 saturated heterocycles. The molecule has 94 valence electrons. The lowest BCUT2D eigenvalue weighted by atomic mass is 10.0. The van der Waals surface area contributed by atoms with Crippen LogP contribution in [0.5, 0.6) is 0 Å². The molecule has 1 unspecified atom stereocenters. The zero-order valence-corrected chi connectivity index (χ0v) is 10.2. The molecule has 17 heavy (non-hydrogen) atoms. The van der Waals surface area contributed by atoms with Gasteiger partial charge in [-0.05, 0) is 36.2 Å². The molecule has 0 N–H and O–H groups in total. The fourth-order valence-electron chi connectivity index (χ4n) is 2.27. The Morgan fingerprint density at radius 1 is 1.47 bits per heavy atom. The van der Waals surface area contributed by atoms with Crippen molar-refractivity contribution in [3.05, 3.63) is 5.82 Å². The normalized spacial score (nSPS) is 21.6. The summed E-state index contributed by atoms with van der Waals surface area (Å²) < 4.78 is 1.83. The lowest BCUT2D eigenvalue weighted by Crippen LogP contribution is -2.40. The average Bonchev–Trinajstić information content (AvgIpc) is 2.78. The van der Waals surface area contributed by atoms with Crippen LogP contribution >= 0.6 is 0 Å². The molecule has 1 aromatic heterocycles. The summed E-state index contributed by atoms with van der Waals surface area (Å²) in [5.74, 6) is 0.862. The van der Waals surface area contributed by atoms with Crippen molar-refractivity contribution < 1.29 is 4.79 Å². The Bertz CT molecular complexity index is 364. The van der Waals surface area contributed by atoms with E-state index >= 15 is 0 Å². The number of aldehydes is 1. The smallest absolute Gasteiger partial charge is 0.165 e. The lowest BCUT2D eigenvalue weighted by molar-refractivity contribution is -0.113. The minimum atomic E-state index is 0.0375. The molecule has 1 atom stereocenters. The fraction of sp³-hybridized carbons (Fsp3) is 0.818. The molecule has 0 saturated carbocycles. The molecule has 0 aliphatic carbocycles. The quantitative estimate of drug-likeness (QED) is 0.703. The minimum Gasteiger partial charge on any atom is -0.302 e. The molecule has 1 aliphatic rings. The van der Waals surface area contributed by atoms with Gasteiger partial charge in [-0.1, -0.05) is 13.3 Å². The first-order chi connectivity index (χ1) is 8.35. The molecular formula is C11H19N5O. The van der Waals surface area contributed by atoms with Gasteiger partial charge in [0.25, 0.3) is 0 Å². The maximum absolute atomic E-state index is 11.0. The van der Waals surface area contributed by atoms with E-state index in [9.17, 15) is 4.79 Å². The maximum Gasteiger partial charge on any atom is 0.165 e. The highest BCUT2D eigenvalue weighted by Gasteiger charge is 2.23. The molecule has 0 aromatic carbocycles. The third kappa shape index (κ3) is 2.88. The molecule has 0 spiro atoms. The van der Waals surface area contributed by atoms with Crippen LogP contribution < -0.4 is 0 Å². The Kier molecular flexibility index (Phi) is 4.19. The Balaban J connectivity index is 2.02. The number of likely N-dealkylation sites (tertiary alicyclic amines) is 1. The van der Waals surface area contributed by atoms with Crippen LogP contribution in [0, 0.1) is 0 Å². The predicted octanol–water partition coefficient (Wildman–Crippen LogP) is 0.636. The van der Waals surface area contributed by atoms with Crippen molar-refractivity contribution in [1.82, 2.24) is 25.1 Å². The van der Waals surface area contributed by atoms with Gasteiger partial charge in [-0.3, -0.25) is 4.90 Å². The molecule has 2 heterocycles. The lowest BCUT2D eigenvalue weighted by Gasteiger charge is -2.31. The monoisotopic (exact) mass is 237 g/mol. The molecule has 1 aliphatic heterocycles. The first-order valence-corrected chi connectivity index (χ1v) is 6.29. The SMILES string of the molecule is CCCn1nnnc1CN1CCCCC1C=O. The van der Waals surface area contributed by atoms with Crippen LogP contribution in [-0.4, -0.2) is 44.0 Å². The number of tetrazole rings is 1. The van der Waals surface area contributed by atoms with Gasteiger partial charge in [0.15, 0.2) is 5.82 Å². The molecule has 1 fully saturated rings. The first-order valence-electron chi connectivity index (χ1n) is 6.29. The summed E-state index contributed by atoms with van der Waals surface area (Å²) in [7, 11) is 0. The van der Waals surface area contributed by atoms with Gasteiger partial charge < -0.3 is 4.79 Å². The third-order valence-corrected chi connectivity index (χ3v) is 3.21. The van der Waals surface area contributed by atoms with Gasteiger partial charge >= 0.3 is 0 Å². The number of carbonyl (C=O) groups is 1. The summed E-state index contributed by atoms with van der Waals surface area (Å²) in [5, 5.41) is 11.7. The van der Waals surface area contributed by atoms with Crippen LogP contribution in [0.3, 0.4) is 0 Å². The van der Waals surface area contributed by atoms with Crippen molar-refractivity contribution in [2.45, 2.75) is 51.7 Å². The Morgan fingerprint density at radius 2 is 2.35 bits per heavy atom. The molecule has 0 bridgehead atoms. The number of rotatable bonds is 5.